The van der Waals surface area contributed by atoms with E-state index < -0.39 is 23.8 Å². The minimum absolute atomic E-state index is 0.0769. The van der Waals surface area contributed by atoms with Gasteiger partial charge in [-0.15, -0.1) is 5.06 Å². The van der Waals surface area contributed by atoms with E-state index in [0.717, 1.165) is 32.1 Å². The van der Waals surface area contributed by atoms with Gasteiger partial charge in [0, 0.05) is 12.6 Å². The molecule has 1 fully saturated rings. The van der Waals surface area contributed by atoms with Crippen LogP contribution in [0.25, 0.3) is 0 Å². The molecule has 0 radical (unpaired) electrons. The van der Waals surface area contributed by atoms with Crippen LogP contribution in [0.5, 0.6) is 0 Å². The highest BCUT2D eigenvalue weighted by Crippen LogP contribution is 2.26. The molecule has 0 aromatic heterocycles. The van der Waals surface area contributed by atoms with E-state index in [9.17, 15) is 14.7 Å². The van der Waals surface area contributed by atoms with Gasteiger partial charge in [0.1, 0.15) is 11.6 Å². The lowest BCUT2D eigenvalue weighted by molar-refractivity contribution is -0.207. The Balaban J connectivity index is 2.89. The fraction of sp³-hybridized carbons (Fsp3) is 0.875. The van der Waals surface area contributed by atoms with Crippen LogP contribution in [-0.2, 0) is 19.1 Å². The van der Waals surface area contributed by atoms with Crippen molar-refractivity contribution in [1.82, 2.24) is 5.06 Å². The number of aliphatic hydroxyl groups excluding tert-OH is 1. The summed E-state index contributed by atoms with van der Waals surface area (Å²) in [7, 11) is 1.28. The van der Waals surface area contributed by atoms with Crippen molar-refractivity contribution >= 4 is 12.1 Å². The van der Waals surface area contributed by atoms with Gasteiger partial charge in [0.25, 0.3) is 0 Å². The zero-order chi connectivity index (χ0) is 17.5. The molecule has 0 aliphatic heterocycles. The number of ether oxygens (including phenoxy) is 2. The van der Waals surface area contributed by atoms with Gasteiger partial charge in [0.15, 0.2) is 0 Å². The molecule has 1 saturated carbocycles. The van der Waals surface area contributed by atoms with E-state index in [-0.39, 0.29) is 19.1 Å². The van der Waals surface area contributed by atoms with Crippen LogP contribution in [0.3, 0.4) is 0 Å². The maximum atomic E-state index is 12.0. The molecule has 1 aliphatic rings. The Kier molecular flexibility index (Phi) is 7.78. The number of hydroxylamine groups is 2. The number of methoxy groups -OCH3 is 1. The molecular formula is C16H29NO6. The summed E-state index contributed by atoms with van der Waals surface area (Å²) >= 11 is 0. The summed E-state index contributed by atoms with van der Waals surface area (Å²) < 4.78 is 9.98. The molecule has 7 heteroatoms. The quantitative estimate of drug-likeness (QED) is 0.591. The minimum atomic E-state index is -0.852. The SMILES string of the molecule is COC(=O)[C@@H](CCO)N(OC(=O)OC(C)(C)C)C1CCCCC1. The average molecular weight is 331 g/mol. The van der Waals surface area contributed by atoms with Crippen molar-refractivity contribution in [2.24, 2.45) is 0 Å². The largest absolute Gasteiger partial charge is 0.528 e. The average Bonchev–Trinajstić information content (AvgIpc) is 2.49. The number of nitrogens with zero attached hydrogens (tertiary/aromatic N) is 1. The Bertz CT molecular complexity index is 387. The molecule has 0 aromatic rings. The number of hydrogen-bond donors (Lipinski definition) is 1. The smallest absolute Gasteiger partial charge is 0.468 e. The molecule has 1 N–H and O–H groups in total. The molecule has 1 atom stereocenters. The van der Waals surface area contributed by atoms with Gasteiger partial charge in [-0.2, -0.15) is 0 Å². The second-order valence-corrected chi connectivity index (χ2v) is 6.76. The fourth-order valence-corrected chi connectivity index (χ4v) is 2.69. The third kappa shape index (κ3) is 6.74. The second kappa shape index (κ2) is 9.08. The van der Waals surface area contributed by atoms with E-state index >= 15 is 0 Å². The highest BCUT2D eigenvalue weighted by Gasteiger charge is 2.37. The molecule has 0 spiro atoms. The Morgan fingerprint density at radius 2 is 1.83 bits per heavy atom. The molecule has 1 aliphatic carbocycles. The fourth-order valence-electron chi connectivity index (χ4n) is 2.69. The van der Waals surface area contributed by atoms with Crippen molar-refractivity contribution < 1.29 is 29.0 Å². The van der Waals surface area contributed by atoms with Crippen LogP contribution in [0, 0.1) is 0 Å². The predicted molar refractivity (Wildman–Crippen MR) is 83.5 cm³/mol. The van der Waals surface area contributed by atoms with Gasteiger partial charge in [0.05, 0.1) is 7.11 Å². The Hall–Kier alpha value is -1.34. The topological polar surface area (TPSA) is 85.3 Å². The van der Waals surface area contributed by atoms with Crippen LogP contribution in [0.1, 0.15) is 59.3 Å². The summed E-state index contributed by atoms with van der Waals surface area (Å²) in [5.74, 6) is -0.534. The lowest BCUT2D eigenvalue weighted by Gasteiger charge is -2.36. The van der Waals surface area contributed by atoms with Crippen molar-refractivity contribution in [2.75, 3.05) is 13.7 Å². The van der Waals surface area contributed by atoms with Crippen molar-refractivity contribution in [3.8, 4) is 0 Å². The molecule has 23 heavy (non-hydrogen) atoms. The van der Waals surface area contributed by atoms with Gasteiger partial charge in [-0.25, -0.2) is 4.79 Å². The first kappa shape index (κ1) is 19.7. The molecule has 7 nitrogen and oxygen atoms in total. The van der Waals surface area contributed by atoms with Crippen molar-refractivity contribution in [1.29, 1.82) is 0 Å². The normalized spacial score (nSPS) is 17.7. The van der Waals surface area contributed by atoms with Crippen LogP contribution in [0.2, 0.25) is 0 Å². The van der Waals surface area contributed by atoms with Crippen molar-refractivity contribution in [3.05, 3.63) is 0 Å². The predicted octanol–water partition coefficient (Wildman–Crippen LogP) is 2.41. The summed E-state index contributed by atoms with van der Waals surface area (Å²) in [6.45, 7) is 5.01. The minimum Gasteiger partial charge on any atom is -0.468 e. The highest BCUT2D eigenvalue weighted by molar-refractivity contribution is 5.75. The maximum absolute atomic E-state index is 12.0. The monoisotopic (exact) mass is 331 g/mol. The van der Waals surface area contributed by atoms with Crippen LogP contribution in [0.4, 0.5) is 4.79 Å². The molecule has 0 saturated heterocycles. The number of carbonyl (C=O) groups excluding carboxylic acids is 2. The molecule has 0 aromatic carbocycles. The molecule has 0 heterocycles. The van der Waals surface area contributed by atoms with E-state index in [0.29, 0.717) is 0 Å². The molecule has 0 bridgehead atoms. The van der Waals surface area contributed by atoms with E-state index in [4.69, 9.17) is 14.3 Å². The van der Waals surface area contributed by atoms with Crippen LogP contribution >= 0.6 is 0 Å². The third-order valence-electron chi connectivity index (χ3n) is 3.69. The van der Waals surface area contributed by atoms with Gasteiger partial charge in [-0.3, -0.25) is 4.79 Å². The van der Waals surface area contributed by atoms with Gasteiger partial charge in [-0.1, -0.05) is 19.3 Å². The standard InChI is InChI=1S/C16H29NO6/c1-16(2,3)22-15(20)23-17(12-8-6-5-7-9-12)13(10-11-18)14(19)21-4/h12-13,18H,5-11H2,1-4H3/t13-/m1/s1. The van der Waals surface area contributed by atoms with Gasteiger partial charge < -0.3 is 19.4 Å². The number of rotatable bonds is 6. The summed E-state index contributed by atoms with van der Waals surface area (Å²) in [5, 5.41) is 10.6. The Morgan fingerprint density at radius 3 is 2.30 bits per heavy atom. The highest BCUT2D eigenvalue weighted by atomic mass is 16.8. The zero-order valence-corrected chi connectivity index (χ0v) is 14.5. The Labute approximate surface area is 137 Å². The number of hydrogen-bond acceptors (Lipinski definition) is 7. The van der Waals surface area contributed by atoms with E-state index in [2.05, 4.69) is 0 Å². The summed E-state index contributed by atoms with van der Waals surface area (Å²) in [6, 6.07) is -0.910. The Morgan fingerprint density at radius 1 is 1.22 bits per heavy atom. The van der Waals surface area contributed by atoms with Crippen LogP contribution in [0.15, 0.2) is 0 Å². The number of esters is 1. The maximum Gasteiger partial charge on any atom is 0.528 e. The van der Waals surface area contributed by atoms with Gasteiger partial charge in [0.2, 0.25) is 0 Å². The van der Waals surface area contributed by atoms with Crippen molar-refractivity contribution in [3.63, 3.8) is 0 Å². The number of carbonyl (C=O) groups is 2. The van der Waals surface area contributed by atoms with Crippen LogP contribution < -0.4 is 0 Å². The van der Waals surface area contributed by atoms with E-state index in [1.165, 1.54) is 12.2 Å². The first-order valence-corrected chi connectivity index (χ1v) is 8.16. The summed E-state index contributed by atoms with van der Waals surface area (Å²) in [4.78, 5) is 29.4. The van der Waals surface area contributed by atoms with Crippen molar-refractivity contribution in [2.45, 2.75) is 77.0 Å². The second-order valence-electron chi connectivity index (χ2n) is 6.76. The third-order valence-corrected chi connectivity index (χ3v) is 3.69. The van der Waals surface area contributed by atoms with Gasteiger partial charge >= 0.3 is 12.1 Å². The van der Waals surface area contributed by atoms with Gasteiger partial charge in [-0.05, 0) is 40.0 Å². The zero-order valence-electron chi connectivity index (χ0n) is 14.5. The molecule has 1 rings (SSSR count). The molecular weight excluding hydrogens is 302 g/mol. The van der Waals surface area contributed by atoms with E-state index in [1.807, 2.05) is 0 Å². The first-order valence-electron chi connectivity index (χ1n) is 8.16. The lowest BCUT2D eigenvalue weighted by Crippen LogP contribution is -2.50. The summed E-state index contributed by atoms with van der Waals surface area (Å²) in [5.41, 5.74) is -0.687. The summed E-state index contributed by atoms with van der Waals surface area (Å²) in [6.07, 6.45) is 4.06. The van der Waals surface area contributed by atoms with E-state index in [1.54, 1.807) is 20.8 Å². The number of aliphatic hydroxyl groups is 1. The first-order chi connectivity index (χ1) is 10.8. The molecule has 0 amide bonds. The molecule has 0 unspecified atom stereocenters. The van der Waals surface area contributed by atoms with Crippen LogP contribution in [-0.4, -0.2) is 53.7 Å². The molecule has 134 valence electrons. The lowest BCUT2D eigenvalue weighted by atomic mass is 9.94.